The summed E-state index contributed by atoms with van der Waals surface area (Å²) in [7, 11) is 0. The second-order valence-corrected chi connectivity index (χ2v) is 21.0. The summed E-state index contributed by atoms with van der Waals surface area (Å²) >= 11 is 0. The standard InChI is InChI=1S/2C19H16N.C17H12N.C12H10N.C11H8N.C5H8O2.4Ir/c2*1-14-10-15(2)12-18(11-14)19-9-8-17(13-20-19)16-6-4-3-5-7-16;1-3-7-14(8-4-1)16-11-12-18-17(13-16)15-9-5-2-6-10-15;1-10-6-5-9-13-12(10)11-7-3-2-4-8-11;1-2-6-10(7-3-1)11-8-4-5-9-12-11;1-4(6)3-5(2)7;;;;/h2*3-11,13H,1-2H3;1-9,11-13H;2-7,9H,1H3;1-6,8-9H;3,6H,1-2H3;;;;/q5*-1;;;;;. The summed E-state index contributed by atoms with van der Waals surface area (Å²) in [5.41, 5.74) is 23.1. The zero-order valence-corrected chi connectivity index (χ0v) is 62.7. The minimum Gasteiger partial charge on any atom is -0.512 e. The van der Waals surface area contributed by atoms with Gasteiger partial charge < -0.3 is 30.0 Å². The van der Waals surface area contributed by atoms with Gasteiger partial charge in [0.15, 0.2) is 5.78 Å². The second-order valence-electron chi connectivity index (χ2n) is 21.0. The van der Waals surface area contributed by atoms with Crippen molar-refractivity contribution in [1.29, 1.82) is 0 Å². The fraction of sp³-hybridized carbons (Fsp3) is 0.0843. The van der Waals surface area contributed by atoms with Crippen LogP contribution in [0.4, 0.5) is 0 Å². The first-order valence-electron chi connectivity index (χ1n) is 29.5. The summed E-state index contributed by atoms with van der Waals surface area (Å²) in [5, 5.41) is 8.36. The smallest absolute Gasteiger partial charge is 0.155 e. The van der Waals surface area contributed by atoms with E-state index in [1.165, 1.54) is 58.9 Å². The maximum absolute atomic E-state index is 10.0. The van der Waals surface area contributed by atoms with Crippen LogP contribution in [-0.4, -0.2) is 35.8 Å². The van der Waals surface area contributed by atoms with E-state index in [-0.39, 0.29) is 92.0 Å². The Hall–Kier alpha value is -8.68. The number of benzene rings is 8. The summed E-state index contributed by atoms with van der Waals surface area (Å²) in [6, 6.07) is 102. The van der Waals surface area contributed by atoms with Gasteiger partial charge in [0.1, 0.15) is 0 Å². The molecule has 5 heterocycles. The molecule has 11 heteroatoms. The number of aliphatic hydroxyl groups is 1. The maximum Gasteiger partial charge on any atom is 0.155 e. The Morgan fingerprint density at radius 2 is 0.766 bits per heavy atom. The van der Waals surface area contributed by atoms with Crippen molar-refractivity contribution in [2.24, 2.45) is 0 Å². The Balaban J connectivity index is 0.000000244. The van der Waals surface area contributed by atoms with Gasteiger partial charge in [-0.1, -0.05) is 173 Å². The van der Waals surface area contributed by atoms with Crippen LogP contribution < -0.4 is 0 Å². The van der Waals surface area contributed by atoms with Gasteiger partial charge in [-0.05, 0) is 101 Å². The fourth-order valence-electron chi connectivity index (χ4n) is 9.39. The molecular weight excluding hydrogens is 1870 g/mol. The summed E-state index contributed by atoms with van der Waals surface area (Å²) in [6.07, 6.45) is 10.5. The van der Waals surface area contributed by atoms with E-state index in [9.17, 15) is 4.79 Å². The number of aromatic nitrogens is 5. The van der Waals surface area contributed by atoms with Crippen molar-refractivity contribution in [3.63, 3.8) is 0 Å². The SMILES string of the molecule is CC(=O)C=C(C)O.Cc1[c-]c(-c2ccc(-c3ccccc3)cn2)cc(C)c1.Cc1[c-]c(-c2ccc(-c3ccccc3)cn2)cc(C)c1.Cc1cccnc1-c1[c-]cccc1.[Ir].[Ir].[Ir].[Ir].[c-]1ccccc1-c1cc(-c2ccccc2)ccn1.[c-]1ccccc1-c1ccccn1. The Bertz CT molecular complexity index is 4040. The first kappa shape index (κ1) is 77.8. The number of allylic oxidation sites excluding steroid dienone is 2. The molecule has 13 rings (SSSR count). The van der Waals surface area contributed by atoms with E-state index in [1.807, 2.05) is 183 Å². The largest absolute Gasteiger partial charge is 0.512 e. The number of carbonyl (C=O) groups excluding carboxylic acids is 1. The van der Waals surface area contributed by atoms with Gasteiger partial charge in [0.25, 0.3) is 0 Å². The van der Waals surface area contributed by atoms with E-state index in [1.54, 1.807) is 6.20 Å². The number of aliphatic hydroxyl groups excluding tert-OH is 1. The number of hydrogen-bond donors (Lipinski definition) is 1. The van der Waals surface area contributed by atoms with Crippen molar-refractivity contribution in [3.05, 3.63) is 356 Å². The Morgan fingerprint density at radius 1 is 0.351 bits per heavy atom. The van der Waals surface area contributed by atoms with Crippen LogP contribution in [0.1, 0.15) is 41.7 Å². The van der Waals surface area contributed by atoms with Crippen LogP contribution in [-0.2, 0) is 85.2 Å². The van der Waals surface area contributed by atoms with Crippen molar-refractivity contribution in [1.82, 2.24) is 24.9 Å². The molecule has 1 N–H and O–H groups in total. The van der Waals surface area contributed by atoms with Crippen molar-refractivity contribution in [2.75, 3.05) is 0 Å². The van der Waals surface area contributed by atoms with Gasteiger partial charge in [-0.3, -0.25) is 4.79 Å². The quantitative estimate of drug-likeness (QED) is 0.0872. The van der Waals surface area contributed by atoms with Crippen molar-refractivity contribution < 1.29 is 90.3 Å². The van der Waals surface area contributed by atoms with Gasteiger partial charge in [0.05, 0.1) is 5.76 Å². The van der Waals surface area contributed by atoms with Gasteiger partial charge in [-0.2, -0.15) is 0 Å². The fourth-order valence-corrected chi connectivity index (χ4v) is 9.39. The molecule has 0 spiro atoms. The maximum atomic E-state index is 10.0. The normalized spacial score (nSPS) is 9.88. The first-order chi connectivity index (χ1) is 43.8. The number of aryl methyl sites for hydroxylation is 5. The van der Waals surface area contributed by atoms with E-state index < -0.39 is 0 Å². The van der Waals surface area contributed by atoms with Crippen LogP contribution in [0.2, 0.25) is 0 Å². The van der Waals surface area contributed by atoms with Crippen LogP contribution >= 0.6 is 0 Å². The average Bonchev–Trinajstić information content (AvgIpc) is 0.937. The molecular formula is C83H70Ir4N5O2-5. The molecule has 480 valence electrons. The van der Waals surface area contributed by atoms with E-state index >= 15 is 0 Å². The topological polar surface area (TPSA) is 102 Å². The predicted octanol–water partition coefficient (Wildman–Crippen LogP) is 20.3. The molecule has 5 aromatic heterocycles. The van der Waals surface area contributed by atoms with E-state index in [0.717, 1.165) is 78.5 Å². The Morgan fingerprint density at radius 3 is 1.15 bits per heavy atom. The molecule has 0 saturated carbocycles. The van der Waals surface area contributed by atoms with Gasteiger partial charge in [0.2, 0.25) is 0 Å². The molecule has 8 aromatic carbocycles. The van der Waals surface area contributed by atoms with E-state index in [0.29, 0.717) is 0 Å². The van der Waals surface area contributed by atoms with E-state index in [4.69, 9.17) is 5.11 Å². The summed E-state index contributed by atoms with van der Waals surface area (Å²) < 4.78 is 0. The Kier molecular flexibility index (Phi) is 34.6. The molecule has 0 atom stereocenters. The molecule has 0 saturated heterocycles. The average molecular weight is 1940 g/mol. The molecule has 0 aliphatic carbocycles. The number of carbonyl (C=O) groups is 1. The molecule has 0 fully saturated rings. The van der Waals surface area contributed by atoms with E-state index in [2.05, 4.69) is 187 Å². The number of ketones is 1. The number of rotatable bonds is 9. The van der Waals surface area contributed by atoms with Gasteiger partial charge >= 0.3 is 0 Å². The summed E-state index contributed by atoms with van der Waals surface area (Å²) in [4.78, 5) is 32.1. The molecule has 0 unspecified atom stereocenters. The third-order valence-electron chi connectivity index (χ3n) is 13.5. The van der Waals surface area contributed by atoms with Gasteiger partial charge in [-0.25, -0.2) is 0 Å². The van der Waals surface area contributed by atoms with Crippen LogP contribution in [0.5, 0.6) is 0 Å². The molecule has 94 heavy (non-hydrogen) atoms. The minimum atomic E-state index is -0.125. The summed E-state index contributed by atoms with van der Waals surface area (Å²) in [6.45, 7) is 13.2. The Labute approximate surface area is 609 Å². The van der Waals surface area contributed by atoms with Crippen molar-refractivity contribution in [2.45, 2.75) is 48.5 Å². The van der Waals surface area contributed by atoms with Crippen molar-refractivity contribution >= 4 is 5.78 Å². The summed E-state index contributed by atoms with van der Waals surface area (Å²) in [5.74, 6) is -0.0625. The molecule has 7 nitrogen and oxygen atoms in total. The van der Waals surface area contributed by atoms with Crippen LogP contribution in [0.15, 0.2) is 298 Å². The van der Waals surface area contributed by atoms with Crippen LogP contribution in [0, 0.1) is 65.0 Å². The molecule has 4 radical (unpaired) electrons. The number of nitrogens with zero attached hydrogens (tertiary/aromatic N) is 5. The zero-order chi connectivity index (χ0) is 63.3. The molecule has 0 aliphatic heterocycles. The third-order valence-corrected chi connectivity index (χ3v) is 13.5. The number of pyridine rings is 5. The number of hydrogen-bond acceptors (Lipinski definition) is 7. The van der Waals surface area contributed by atoms with Crippen LogP contribution in [0.25, 0.3) is 89.7 Å². The van der Waals surface area contributed by atoms with Gasteiger partial charge in [0, 0.05) is 117 Å². The minimum absolute atomic E-state index is 0. The molecule has 0 amide bonds. The monoisotopic (exact) mass is 1940 g/mol. The first-order valence-corrected chi connectivity index (χ1v) is 29.5. The van der Waals surface area contributed by atoms with Crippen molar-refractivity contribution in [3.8, 4) is 89.7 Å². The molecule has 0 aliphatic rings. The van der Waals surface area contributed by atoms with Gasteiger partial charge in [-0.15, -0.1) is 177 Å². The second kappa shape index (κ2) is 41.8. The molecule has 0 bridgehead atoms. The van der Waals surface area contributed by atoms with Crippen LogP contribution in [0.3, 0.4) is 0 Å². The third kappa shape index (κ3) is 25.7. The predicted molar refractivity (Wildman–Crippen MR) is 370 cm³/mol. The molecule has 13 aromatic rings. The zero-order valence-electron chi connectivity index (χ0n) is 53.1.